The zero-order valence-corrected chi connectivity index (χ0v) is 20.1. The molecule has 1 unspecified atom stereocenters. The minimum atomic E-state index is -0.154. The highest BCUT2D eigenvalue weighted by molar-refractivity contribution is 5.85. The maximum absolute atomic E-state index is 6.40. The molecule has 0 radical (unpaired) electrons. The molecule has 0 saturated carbocycles. The van der Waals surface area contributed by atoms with Crippen molar-refractivity contribution in [3.05, 3.63) is 114 Å². The topological polar surface area (TPSA) is 25.4 Å². The molecule has 0 bridgehead atoms. The molecule has 35 heavy (non-hydrogen) atoms. The van der Waals surface area contributed by atoms with E-state index in [0.717, 1.165) is 27.9 Å². The van der Waals surface area contributed by atoms with Gasteiger partial charge in [0.15, 0.2) is 6.23 Å². The van der Waals surface area contributed by atoms with Gasteiger partial charge in [0.05, 0.1) is 11.2 Å². The SMILES string of the molecule is CN1c2cc(-c3ccc4c(c3)C(C)(C)c3ccccc3-4)ccc2OC1c1ccc2ncccc2c1. The molecule has 2 aliphatic rings. The number of hydrogen-bond acceptors (Lipinski definition) is 3. The highest BCUT2D eigenvalue weighted by atomic mass is 16.5. The Kier molecular flexibility index (Phi) is 4.17. The third-order valence-corrected chi connectivity index (χ3v) is 7.76. The van der Waals surface area contributed by atoms with Crippen LogP contribution in [0.2, 0.25) is 0 Å². The molecule has 1 atom stereocenters. The second-order valence-corrected chi connectivity index (χ2v) is 10.2. The predicted octanol–water partition coefficient (Wildman–Crippen LogP) is 7.74. The van der Waals surface area contributed by atoms with Gasteiger partial charge in [-0.2, -0.15) is 0 Å². The number of pyridine rings is 1. The first-order chi connectivity index (χ1) is 17.0. The molecule has 1 aliphatic carbocycles. The second-order valence-electron chi connectivity index (χ2n) is 10.2. The number of aromatic nitrogens is 1. The molecule has 3 nitrogen and oxygen atoms in total. The molecule has 5 aromatic rings. The number of anilines is 1. The molecule has 1 aliphatic heterocycles. The van der Waals surface area contributed by atoms with Crippen LogP contribution in [0.1, 0.15) is 36.8 Å². The molecule has 1 aromatic heterocycles. The van der Waals surface area contributed by atoms with Gasteiger partial charge in [-0.1, -0.05) is 68.4 Å². The molecule has 170 valence electrons. The molecule has 0 fully saturated rings. The van der Waals surface area contributed by atoms with Gasteiger partial charge in [0.2, 0.25) is 0 Å². The smallest absolute Gasteiger partial charge is 0.198 e. The molecule has 2 heterocycles. The van der Waals surface area contributed by atoms with E-state index in [9.17, 15) is 0 Å². The number of hydrogen-bond donors (Lipinski definition) is 0. The van der Waals surface area contributed by atoms with Crippen LogP contribution in [-0.2, 0) is 5.41 Å². The van der Waals surface area contributed by atoms with Crippen molar-refractivity contribution in [1.29, 1.82) is 0 Å². The standard InChI is InChI=1S/C32H26N2O/c1-32(2)26-9-5-4-8-24(26)25-13-10-20(18-27(25)32)21-12-15-30-29(19-21)34(3)31(35-30)23-11-14-28-22(17-23)7-6-16-33-28/h4-19,31H,1-3H3. The van der Waals surface area contributed by atoms with Gasteiger partial charge in [0.1, 0.15) is 5.75 Å². The zero-order valence-electron chi connectivity index (χ0n) is 20.1. The molecule has 0 saturated heterocycles. The van der Waals surface area contributed by atoms with Crippen molar-refractivity contribution in [2.75, 3.05) is 11.9 Å². The maximum atomic E-state index is 6.40. The van der Waals surface area contributed by atoms with Crippen molar-refractivity contribution in [3.8, 4) is 28.0 Å². The lowest BCUT2D eigenvalue weighted by atomic mass is 9.81. The van der Waals surface area contributed by atoms with Crippen molar-refractivity contribution >= 4 is 16.6 Å². The summed E-state index contributed by atoms with van der Waals surface area (Å²) in [6.07, 6.45) is 1.68. The normalized spacial score (nSPS) is 17.1. The summed E-state index contributed by atoms with van der Waals surface area (Å²) in [7, 11) is 2.11. The van der Waals surface area contributed by atoms with Crippen molar-refractivity contribution in [2.24, 2.45) is 0 Å². The molecular formula is C32H26N2O. The summed E-state index contributed by atoms with van der Waals surface area (Å²) in [6.45, 7) is 4.66. The summed E-state index contributed by atoms with van der Waals surface area (Å²) in [6, 6.07) is 32.7. The van der Waals surface area contributed by atoms with Crippen molar-refractivity contribution in [2.45, 2.75) is 25.5 Å². The molecule has 0 amide bonds. The van der Waals surface area contributed by atoms with E-state index in [1.807, 2.05) is 12.3 Å². The van der Waals surface area contributed by atoms with E-state index >= 15 is 0 Å². The Hall–Kier alpha value is -4.11. The Labute approximate surface area is 205 Å². The molecule has 4 aromatic carbocycles. The minimum absolute atomic E-state index is 0.00535. The quantitative estimate of drug-likeness (QED) is 0.273. The number of rotatable bonds is 2. The van der Waals surface area contributed by atoms with Crippen LogP contribution in [0, 0.1) is 0 Å². The number of ether oxygens (including phenoxy) is 1. The van der Waals surface area contributed by atoms with Crippen molar-refractivity contribution in [3.63, 3.8) is 0 Å². The fourth-order valence-electron chi connectivity index (χ4n) is 5.82. The van der Waals surface area contributed by atoms with Crippen LogP contribution in [0.3, 0.4) is 0 Å². The number of fused-ring (bicyclic) bond motifs is 5. The summed E-state index contributed by atoms with van der Waals surface area (Å²) in [5.41, 5.74) is 11.2. The minimum Gasteiger partial charge on any atom is -0.464 e. The van der Waals surface area contributed by atoms with Gasteiger partial charge in [0.25, 0.3) is 0 Å². The van der Waals surface area contributed by atoms with Gasteiger partial charge < -0.3 is 9.64 Å². The molecular weight excluding hydrogens is 428 g/mol. The van der Waals surface area contributed by atoms with Gasteiger partial charge >= 0.3 is 0 Å². The summed E-state index contributed by atoms with van der Waals surface area (Å²) in [4.78, 5) is 6.67. The number of benzene rings is 4. The van der Waals surface area contributed by atoms with Crippen LogP contribution in [0.25, 0.3) is 33.2 Å². The fraction of sp³-hybridized carbons (Fsp3) is 0.156. The van der Waals surface area contributed by atoms with E-state index in [4.69, 9.17) is 4.74 Å². The Balaban J connectivity index is 1.25. The van der Waals surface area contributed by atoms with Crippen molar-refractivity contribution in [1.82, 2.24) is 4.98 Å². The first-order valence-electron chi connectivity index (χ1n) is 12.1. The first-order valence-corrected chi connectivity index (χ1v) is 12.1. The average molecular weight is 455 g/mol. The Morgan fingerprint density at radius 2 is 1.57 bits per heavy atom. The fourth-order valence-corrected chi connectivity index (χ4v) is 5.82. The largest absolute Gasteiger partial charge is 0.464 e. The van der Waals surface area contributed by atoms with Crippen molar-refractivity contribution < 1.29 is 4.74 Å². The van der Waals surface area contributed by atoms with E-state index in [2.05, 4.69) is 116 Å². The van der Waals surface area contributed by atoms with E-state index in [-0.39, 0.29) is 11.6 Å². The van der Waals surface area contributed by atoms with E-state index in [1.165, 1.54) is 33.4 Å². The molecule has 7 rings (SSSR count). The maximum Gasteiger partial charge on any atom is 0.198 e. The average Bonchev–Trinajstić information content (AvgIpc) is 3.34. The van der Waals surface area contributed by atoms with Gasteiger partial charge in [-0.05, 0) is 69.8 Å². The summed E-state index contributed by atoms with van der Waals surface area (Å²) in [5, 5.41) is 1.13. The zero-order chi connectivity index (χ0) is 23.7. The van der Waals surface area contributed by atoms with E-state index in [0.29, 0.717) is 0 Å². The van der Waals surface area contributed by atoms with Crippen LogP contribution in [0.4, 0.5) is 5.69 Å². The van der Waals surface area contributed by atoms with Gasteiger partial charge in [-0.3, -0.25) is 4.98 Å². The Bertz CT molecular complexity index is 1630. The Morgan fingerprint density at radius 3 is 2.49 bits per heavy atom. The second kappa shape index (κ2) is 7.19. The van der Waals surface area contributed by atoms with Crippen LogP contribution in [-0.4, -0.2) is 12.0 Å². The first kappa shape index (κ1) is 20.3. The Morgan fingerprint density at radius 1 is 0.771 bits per heavy atom. The molecule has 0 spiro atoms. The monoisotopic (exact) mass is 454 g/mol. The van der Waals surface area contributed by atoms with E-state index < -0.39 is 0 Å². The third kappa shape index (κ3) is 2.94. The lowest BCUT2D eigenvalue weighted by Gasteiger charge is -2.22. The molecule has 3 heteroatoms. The van der Waals surface area contributed by atoms with Crippen LogP contribution < -0.4 is 9.64 Å². The van der Waals surface area contributed by atoms with Crippen LogP contribution in [0.15, 0.2) is 97.2 Å². The highest BCUT2D eigenvalue weighted by Gasteiger charge is 2.35. The lowest BCUT2D eigenvalue weighted by molar-refractivity contribution is 0.235. The van der Waals surface area contributed by atoms with Gasteiger partial charge in [0, 0.05) is 29.6 Å². The summed E-state index contributed by atoms with van der Waals surface area (Å²) in [5.74, 6) is 0.918. The van der Waals surface area contributed by atoms with Gasteiger partial charge in [-0.25, -0.2) is 0 Å². The highest BCUT2D eigenvalue weighted by Crippen LogP contribution is 2.50. The molecule has 0 N–H and O–H groups in total. The van der Waals surface area contributed by atoms with Gasteiger partial charge in [-0.15, -0.1) is 0 Å². The summed E-state index contributed by atoms with van der Waals surface area (Å²) < 4.78 is 6.40. The number of nitrogens with zero attached hydrogens (tertiary/aromatic N) is 2. The summed E-state index contributed by atoms with van der Waals surface area (Å²) >= 11 is 0. The van der Waals surface area contributed by atoms with Crippen LogP contribution >= 0.6 is 0 Å². The van der Waals surface area contributed by atoms with Crippen LogP contribution in [0.5, 0.6) is 5.75 Å². The van der Waals surface area contributed by atoms with E-state index in [1.54, 1.807) is 0 Å². The lowest BCUT2D eigenvalue weighted by Crippen LogP contribution is -2.22. The third-order valence-electron chi connectivity index (χ3n) is 7.76. The predicted molar refractivity (Wildman–Crippen MR) is 143 cm³/mol.